The summed E-state index contributed by atoms with van der Waals surface area (Å²) in [5.74, 6) is -0.0411. The van der Waals surface area contributed by atoms with Crippen molar-refractivity contribution in [2.24, 2.45) is 0 Å². The van der Waals surface area contributed by atoms with Gasteiger partial charge in [-0.15, -0.1) is 0 Å². The summed E-state index contributed by atoms with van der Waals surface area (Å²) in [6.45, 7) is 3.70. The van der Waals surface area contributed by atoms with Crippen LogP contribution in [0.2, 0.25) is 0 Å². The van der Waals surface area contributed by atoms with E-state index in [0.29, 0.717) is 12.8 Å². The van der Waals surface area contributed by atoms with Gasteiger partial charge in [0.1, 0.15) is 11.7 Å². The number of aromatic nitrogens is 2. The molecule has 1 aromatic rings. The minimum absolute atomic E-state index is 0.0193. The Bertz CT molecular complexity index is 572. The normalized spacial score (nSPS) is 12.9. The molecular weight excluding hydrogens is 315 g/mol. The summed E-state index contributed by atoms with van der Waals surface area (Å²) in [6.07, 6.45) is -2.78. The number of halogens is 3. The van der Waals surface area contributed by atoms with Crippen LogP contribution in [0.15, 0.2) is 11.0 Å². The van der Waals surface area contributed by atoms with Crippen molar-refractivity contribution in [3.63, 3.8) is 0 Å². The Balaban J connectivity index is 2.65. The van der Waals surface area contributed by atoms with Crippen LogP contribution in [0.25, 0.3) is 0 Å². The molecule has 0 saturated heterocycles. The van der Waals surface area contributed by atoms with Crippen LogP contribution in [0.5, 0.6) is 0 Å². The molecule has 0 aliphatic heterocycles. The van der Waals surface area contributed by atoms with Gasteiger partial charge in [0, 0.05) is 13.0 Å². The number of alkyl halides is 3. The lowest BCUT2D eigenvalue weighted by Gasteiger charge is -2.17. The number of anilines is 1. The monoisotopic (exact) mass is 335 g/mol. The third-order valence-electron chi connectivity index (χ3n) is 3.13. The molecule has 1 heterocycles. The number of hydrogen-bond donors (Lipinski definition) is 2. The molecule has 0 aliphatic rings. The van der Waals surface area contributed by atoms with E-state index >= 15 is 0 Å². The zero-order chi connectivity index (χ0) is 17.5. The Hall–Kier alpha value is -1.90. The molecule has 0 spiro atoms. The van der Waals surface area contributed by atoms with E-state index in [0.717, 1.165) is 12.6 Å². The molecule has 0 amide bonds. The summed E-state index contributed by atoms with van der Waals surface area (Å²) >= 11 is 0. The van der Waals surface area contributed by atoms with Crippen molar-refractivity contribution in [2.45, 2.75) is 45.4 Å². The SMILES string of the molecule is CCCC(OCCNc1cn[nH]c(=O)c1C(F)(F)F)C(=O)CC. The predicted molar refractivity (Wildman–Crippen MR) is 78.3 cm³/mol. The van der Waals surface area contributed by atoms with Crippen LogP contribution in [0.3, 0.4) is 0 Å². The van der Waals surface area contributed by atoms with E-state index in [4.69, 9.17) is 4.74 Å². The first kappa shape index (κ1) is 19.1. The van der Waals surface area contributed by atoms with Crippen molar-refractivity contribution in [1.82, 2.24) is 10.2 Å². The summed E-state index contributed by atoms with van der Waals surface area (Å²) < 4.78 is 43.9. The molecule has 0 radical (unpaired) electrons. The molecule has 1 atom stereocenters. The summed E-state index contributed by atoms with van der Waals surface area (Å²) in [6, 6.07) is 0. The summed E-state index contributed by atoms with van der Waals surface area (Å²) in [5.41, 5.74) is -3.06. The van der Waals surface area contributed by atoms with E-state index in [1.807, 2.05) is 6.92 Å². The zero-order valence-electron chi connectivity index (χ0n) is 13.0. The Morgan fingerprint density at radius 2 is 2.13 bits per heavy atom. The highest BCUT2D eigenvalue weighted by Crippen LogP contribution is 2.31. The van der Waals surface area contributed by atoms with Crippen LogP contribution in [-0.2, 0) is 15.7 Å². The minimum Gasteiger partial charge on any atom is -0.381 e. The highest BCUT2D eigenvalue weighted by Gasteiger charge is 2.37. The predicted octanol–water partition coefficient (Wildman–Crippen LogP) is 2.37. The number of hydrogen-bond acceptors (Lipinski definition) is 5. The second kappa shape index (κ2) is 8.66. The maximum absolute atomic E-state index is 12.8. The highest BCUT2D eigenvalue weighted by molar-refractivity contribution is 5.82. The van der Waals surface area contributed by atoms with Crippen LogP contribution >= 0.6 is 0 Å². The summed E-state index contributed by atoms with van der Waals surface area (Å²) in [4.78, 5) is 22.9. The fourth-order valence-corrected chi connectivity index (χ4v) is 2.03. The lowest BCUT2D eigenvalue weighted by Crippen LogP contribution is -2.28. The van der Waals surface area contributed by atoms with E-state index in [1.165, 1.54) is 0 Å². The van der Waals surface area contributed by atoms with Crippen LogP contribution in [0.4, 0.5) is 18.9 Å². The second-order valence-electron chi connectivity index (χ2n) is 4.88. The summed E-state index contributed by atoms with van der Waals surface area (Å²) in [5, 5.41) is 7.58. The van der Waals surface area contributed by atoms with Gasteiger partial charge in [0.25, 0.3) is 5.56 Å². The molecule has 0 saturated carbocycles. The van der Waals surface area contributed by atoms with Gasteiger partial charge in [-0.2, -0.15) is 18.3 Å². The highest BCUT2D eigenvalue weighted by atomic mass is 19.4. The molecule has 23 heavy (non-hydrogen) atoms. The van der Waals surface area contributed by atoms with Crippen molar-refractivity contribution in [2.75, 3.05) is 18.5 Å². The number of nitrogens with zero attached hydrogens (tertiary/aromatic N) is 1. The van der Waals surface area contributed by atoms with Gasteiger partial charge in [0.05, 0.1) is 18.5 Å². The van der Waals surface area contributed by atoms with Gasteiger partial charge >= 0.3 is 6.18 Å². The second-order valence-corrected chi connectivity index (χ2v) is 4.88. The van der Waals surface area contributed by atoms with Crippen molar-refractivity contribution < 1.29 is 22.7 Å². The molecule has 2 N–H and O–H groups in total. The fourth-order valence-electron chi connectivity index (χ4n) is 2.03. The molecule has 0 bridgehead atoms. The van der Waals surface area contributed by atoms with Gasteiger partial charge in [-0.3, -0.25) is 9.59 Å². The van der Waals surface area contributed by atoms with Gasteiger partial charge < -0.3 is 10.1 Å². The van der Waals surface area contributed by atoms with Crippen LogP contribution < -0.4 is 10.9 Å². The first-order valence-electron chi connectivity index (χ1n) is 7.34. The number of Topliss-reactive ketones (excluding diaryl/α,β-unsaturated/α-hetero) is 1. The fraction of sp³-hybridized carbons (Fsp3) is 0.643. The number of carbonyl (C=O) groups excluding carboxylic acids is 1. The van der Waals surface area contributed by atoms with E-state index in [2.05, 4.69) is 10.4 Å². The van der Waals surface area contributed by atoms with Gasteiger partial charge in [0.15, 0.2) is 5.78 Å². The largest absolute Gasteiger partial charge is 0.423 e. The molecule has 1 rings (SSSR count). The van der Waals surface area contributed by atoms with Crippen LogP contribution in [0.1, 0.15) is 38.7 Å². The molecule has 6 nitrogen and oxygen atoms in total. The topological polar surface area (TPSA) is 84.1 Å². The lowest BCUT2D eigenvalue weighted by atomic mass is 10.1. The average molecular weight is 335 g/mol. The van der Waals surface area contributed by atoms with Gasteiger partial charge in [0.2, 0.25) is 0 Å². The smallest absolute Gasteiger partial charge is 0.381 e. The van der Waals surface area contributed by atoms with Gasteiger partial charge in [-0.05, 0) is 6.42 Å². The first-order chi connectivity index (χ1) is 10.8. The standard InChI is InChI=1S/C14H20F3N3O3/c1-3-5-11(10(21)4-2)23-7-6-18-9-8-19-20-13(22)12(9)14(15,16)17/h8,11H,3-7H2,1-2H3,(H2,18,20,22). The van der Waals surface area contributed by atoms with E-state index in [9.17, 15) is 22.8 Å². The van der Waals surface area contributed by atoms with Crippen LogP contribution in [0, 0.1) is 0 Å². The van der Waals surface area contributed by atoms with Gasteiger partial charge in [-0.25, -0.2) is 5.10 Å². The first-order valence-corrected chi connectivity index (χ1v) is 7.34. The Morgan fingerprint density at radius 3 is 2.70 bits per heavy atom. The number of ether oxygens (including phenoxy) is 1. The van der Waals surface area contributed by atoms with Crippen molar-refractivity contribution >= 4 is 11.5 Å². The van der Waals surface area contributed by atoms with E-state index in [-0.39, 0.29) is 18.9 Å². The molecule has 130 valence electrons. The third kappa shape index (κ3) is 5.66. The van der Waals surface area contributed by atoms with Crippen molar-refractivity contribution in [1.29, 1.82) is 0 Å². The Kier molecular flexibility index (Phi) is 7.21. The van der Waals surface area contributed by atoms with Crippen molar-refractivity contribution in [3.05, 3.63) is 22.1 Å². The molecule has 0 fully saturated rings. The maximum atomic E-state index is 12.8. The quantitative estimate of drug-likeness (QED) is 0.677. The number of ketones is 1. The average Bonchev–Trinajstić information content (AvgIpc) is 2.48. The molecule has 0 aromatic carbocycles. The Labute approximate surface area is 131 Å². The molecule has 9 heteroatoms. The molecule has 0 aliphatic carbocycles. The number of H-pyrrole nitrogens is 1. The number of carbonyl (C=O) groups is 1. The number of rotatable bonds is 9. The third-order valence-corrected chi connectivity index (χ3v) is 3.13. The van der Waals surface area contributed by atoms with E-state index < -0.39 is 29.1 Å². The molecule has 1 unspecified atom stereocenters. The molecule has 1 aromatic heterocycles. The summed E-state index contributed by atoms with van der Waals surface area (Å²) in [7, 11) is 0. The van der Waals surface area contributed by atoms with Crippen molar-refractivity contribution in [3.8, 4) is 0 Å². The maximum Gasteiger partial charge on any atom is 0.423 e. The number of nitrogens with one attached hydrogen (secondary N) is 2. The molecular formula is C14H20F3N3O3. The number of aromatic amines is 1. The lowest BCUT2D eigenvalue weighted by molar-refractivity contribution is -0.138. The van der Waals surface area contributed by atoms with E-state index in [1.54, 1.807) is 12.0 Å². The van der Waals surface area contributed by atoms with Gasteiger partial charge in [-0.1, -0.05) is 20.3 Å². The zero-order valence-corrected chi connectivity index (χ0v) is 13.0. The van der Waals surface area contributed by atoms with Crippen LogP contribution in [-0.4, -0.2) is 35.2 Å². The Morgan fingerprint density at radius 1 is 1.43 bits per heavy atom. The minimum atomic E-state index is -4.79.